The number of carbonyl (C=O) groups is 1. The van der Waals surface area contributed by atoms with Gasteiger partial charge in [-0.1, -0.05) is 290 Å². The third-order valence-electron chi connectivity index (χ3n) is 14.7. The van der Waals surface area contributed by atoms with Crippen molar-refractivity contribution in [2.24, 2.45) is 0 Å². The Kier molecular flexibility index (Phi) is 46.8. The maximum atomic E-state index is 13.0. The second-order valence-electron chi connectivity index (χ2n) is 21.2. The van der Waals surface area contributed by atoms with Crippen molar-refractivity contribution in [3.05, 3.63) is 0 Å². The molecule has 9 nitrogen and oxygen atoms in total. The van der Waals surface area contributed by atoms with Crippen LogP contribution in [0.1, 0.15) is 309 Å². The van der Waals surface area contributed by atoms with Crippen LogP contribution in [-0.4, -0.2) is 87.5 Å². The molecule has 0 aromatic heterocycles. The molecular formula is C58H115NO8. The quantitative estimate of drug-likeness (QED) is 0.0330. The molecule has 7 unspecified atom stereocenters. The van der Waals surface area contributed by atoms with Gasteiger partial charge in [0.05, 0.1) is 25.4 Å². The average molecular weight is 955 g/mol. The molecule has 0 aliphatic carbocycles. The van der Waals surface area contributed by atoms with Crippen LogP contribution in [0.3, 0.4) is 0 Å². The summed E-state index contributed by atoms with van der Waals surface area (Å²) in [6, 6.07) is -0.712. The number of ether oxygens (including phenoxy) is 2. The van der Waals surface area contributed by atoms with E-state index in [1.807, 2.05) is 0 Å². The lowest BCUT2D eigenvalue weighted by Crippen LogP contribution is -2.60. The fraction of sp³-hybridized carbons (Fsp3) is 0.983. The van der Waals surface area contributed by atoms with Gasteiger partial charge in [-0.3, -0.25) is 4.79 Å². The van der Waals surface area contributed by atoms with Crippen LogP contribution < -0.4 is 5.32 Å². The second kappa shape index (κ2) is 48.8. The van der Waals surface area contributed by atoms with Crippen LogP contribution in [0.2, 0.25) is 0 Å². The molecule has 0 radical (unpaired) electrons. The lowest BCUT2D eigenvalue weighted by molar-refractivity contribution is -0.302. The van der Waals surface area contributed by atoms with Crippen molar-refractivity contribution in [3.63, 3.8) is 0 Å². The van der Waals surface area contributed by atoms with Crippen LogP contribution in [0, 0.1) is 0 Å². The highest BCUT2D eigenvalue weighted by Gasteiger charge is 2.44. The Balaban J connectivity index is 2.02. The minimum atomic E-state index is -1.55. The van der Waals surface area contributed by atoms with E-state index in [0.29, 0.717) is 12.8 Å². The van der Waals surface area contributed by atoms with Gasteiger partial charge in [0.1, 0.15) is 24.4 Å². The Bertz CT molecular complexity index is 1020. The molecule has 1 aliphatic rings. The Hall–Kier alpha value is -0.810. The van der Waals surface area contributed by atoms with Crippen LogP contribution in [0.15, 0.2) is 0 Å². The first-order chi connectivity index (χ1) is 32.8. The normalized spacial score (nSPS) is 19.5. The molecule has 1 fully saturated rings. The van der Waals surface area contributed by atoms with Crippen molar-refractivity contribution in [2.45, 2.75) is 352 Å². The molecule has 0 aromatic rings. The molecule has 400 valence electrons. The van der Waals surface area contributed by atoms with Gasteiger partial charge in [0.25, 0.3) is 0 Å². The van der Waals surface area contributed by atoms with Crippen LogP contribution in [0.5, 0.6) is 0 Å². The first-order valence-corrected chi connectivity index (χ1v) is 29.7. The van der Waals surface area contributed by atoms with Crippen molar-refractivity contribution in [1.82, 2.24) is 5.32 Å². The van der Waals surface area contributed by atoms with E-state index in [2.05, 4.69) is 19.2 Å². The van der Waals surface area contributed by atoms with Crippen LogP contribution in [0.4, 0.5) is 0 Å². The topological polar surface area (TPSA) is 149 Å². The molecular weight excluding hydrogens is 839 g/mol. The van der Waals surface area contributed by atoms with Crippen LogP contribution >= 0.6 is 0 Å². The Morgan fingerprint density at radius 3 is 1.06 bits per heavy atom. The second-order valence-corrected chi connectivity index (χ2v) is 21.2. The van der Waals surface area contributed by atoms with Gasteiger partial charge in [0, 0.05) is 6.42 Å². The maximum Gasteiger partial charge on any atom is 0.220 e. The van der Waals surface area contributed by atoms with E-state index in [1.165, 1.54) is 244 Å². The third kappa shape index (κ3) is 38.5. The minimum Gasteiger partial charge on any atom is -0.394 e. The van der Waals surface area contributed by atoms with E-state index >= 15 is 0 Å². The van der Waals surface area contributed by atoms with Crippen molar-refractivity contribution < 1.29 is 39.8 Å². The smallest absolute Gasteiger partial charge is 0.220 e. The van der Waals surface area contributed by atoms with Crippen molar-refractivity contribution in [1.29, 1.82) is 0 Å². The number of amides is 1. The standard InChI is InChI=1S/C58H115NO8/c1-3-5-7-9-11-13-15-16-17-18-19-20-21-22-23-24-25-26-27-28-29-30-31-32-33-34-35-36-37-38-40-42-44-46-48-54(62)59-51(50-66-58-57(65)56(64)55(63)53(49-60)67-58)52(61)47-45-43-41-39-14-12-10-8-6-4-2/h51-53,55-58,60-61,63-65H,3-50H2,1-2H3,(H,59,62). The van der Waals surface area contributed by atoms with E-state index in [-0.39, 0.29) is 12.5 Å². The fourth-order valence-electron chi connectivity index (χ4n) is 9.99. The van der Waals surface area contributed by atoms with E-state index < -0.39 is 49.5 Å². The molecule has 1 rings (SSSR count). The Morgan fingerprint density at radius 1 is 0.448 bits per heavy atom. The minimum absolute atomic E-state index is 0.132. The van der Waals surface area contributed by atoms with Gasteiger partial charge in [-0.25, -0.2) is 0 Å². The molecule has 0 saturated carbocycles. The summed E-state index contributed by atoms with van der Waals surface area (Å²) in [4.78, 5) is 13.0. The predicted octanol–water partition coefficient (Wildman–Crippen LogP) is 14.6. The fourth-order valence-corrected chi connectivity index (χ4v) is 9.99. The van der Waals surface area contributed by atoms with E-state index in [4.69, 9.17) is 9.47 Å². The number of carbonyl (C=O) groups excluding carboxylic acids is 1. The molecule has 67 heavy (non-hydrogen) atoms. The molecule has 6 N–H and O–H groups in total. The number of nitrogens with one attached hydrogen (secondary N) is 1. The SMILES string of the molecule is CCCCCCCCCCCCCCCCCCCCCCCCCCCCCCCCCCCCC(=O)NC(COC1OC(CO)C(O)C(O)C1O)C(O)CCCCCCCCCCCC. The van der Waals surface area contributed by atoms with Crippen molar-refractivity contribution in [3.8, 4) is 0 Å². The van der Waals surface area contributed by atoms with Gasteiger partial charge in [0.15, 0.2) is 6.29 Å². The van der Waals surface area contributed by atoms with E-state index in [9.17, 15) is 30.3 Å². The highest BCUT2D eigenvalue weighted by Crippen LogP contribution is 2.23. The monoisotopic (exact) mass is 954 g/mol. The summed E-state index contributed by atoms with van der Waals surface area (Å²) in [5.74, 6) is -0.139. The lowest BCUT2D eigenvalue weighted by Gasteiger charge is -2.40. The van der Waals surface area contributed by atoms with Gasteiger partial charge < -0.3 is 40.3 Å². The maximum absolute atomic E-state index is 13.0. The lowest BCUT2D eigenvalue weighted by atomic mass is 9.99. The summed E-state index contributed by atoms with van der Waals surface area (Å²) < 4.78 is 11.3. The van der Waals surface area contributed by atoms with Crippen molar-refractivity contribution >= 4 is 5.91 Å². The largest absolute Gasteiger partial charge is 0.394 e. The van der Waals surface area contributed by atoms with Gasteiger partial charge >= 0.3 is 0 Å². The van der Waals surface area contributed by atoms with E-state index in [1.54, 1.807) is 0 Å². The zero-order valence-electron chi connectivity index (χ0n) is 44.4. The number of unbranched alkanes of at least 4 members (excludes halogenated alkanes) is 42. The highest BCUT2D eigenvalue weighted by atomic mass is 16.7. The molecule has 1 heterocycles. The zero-order chi connectivity index (χ0) is 48.7. The molecule has 1 saturated heterocycles. The predicted molar refractivity (Wildman–Crippen MR) is 281 cm³/mol. The van der Waals surface area contributed by atoms with Crippen molar-refractivity contribution in [2.75, 3.05) is 13.2 Å². The molecule has 0 aromatic carbocycles. The number of hydrogen-bond acceptors (Lipinski definition) is 8. The van der Waals surface area contributed by atoms with E-state index in [0.717, 1.165) is 38.5 Å². The van der Waals surface area contributed by atoms with Crippen LogP contribution in [0.25, 0.3) is 0 Å². The molecule has 9 heteroatoms. The summed E-state index contributed by atoms with van der Waals surface area (Å²) in [5.41, 5.74) is 0. The number of aliphatic hydroxyl groups is 5. The summed E-state index contributed by atoms with van der Waals surface area (Å²) in [7, 11) is 0. The Labute approximate surface area is 414 Å². The average Bonchev–Trinajstić information content (AvgIpc) is 3.33. The Morgan fingerprint density at radius 2 is 0.746 bits per heavy atom. The van der Waals surface area contributed by atoms with Gasteiger partial charge in [0.2, 0.25) is 5.91 Å². The van der Waals surface area contributed by atoms with Gasteiger partial charge in [-0.05, 0) is 12.8 Å². The summed E-state index contributed by atoms with van der Waals surface area (Å²) in [6.45, 7) is 3.85. The molecule has 1 amide bonds. The first kappa shape index (κ1) is 64.2. The third-order valence-corrected chi connectivity index (χ3v) is 14.7. The molecule has 1 aliphatic heterocycles. The molecule has 0 bridgehead atoms. The number of aliphatic hydroxyl groups excluding tert-OH is 5. The highest BCUT2D eigenvalue weighted by molar-refractivity contribution is 5.76. The zero-order valence-corrected chi connectivity index (χ0v) is 44.4. The number of hydrogen-bond donors (Lipinski definition) is 6. The first-order valence-electron chi connectivity index (χ1n) is 29.7. The number of rotatable bonds is 52. The van der Waals surface area contributed by atoms with Crippen LogP contribution in [-0.2, 0) is 14.3 Å². The van der Waals surface area contributed by atoms with Gasteiger partial charge in [-0.2, -0.15) is 0 Å². The molecule has 7 atom stereocenters. The summed E-state index contributed by atoms with van der Waals surface area (Å²) in [6.07, 6.45) is 51.8. The van der Waals surface area contributed by atoms with Gasteiger partial charge in [-0.15, -0.1) is 0 Å². The summed E-state index contributed by atoms with van der Waals surface area (Å²) >= 11 is 0. The molecule has 0 spiro atoms. The summed E-state index contributed by atoms with van der Waals surface area (Å²) in [5, 5.41) is 54.4.